The Morgan fingerprint density at radius 3 is 1.93 bits per heavy atom. The van der Waals surface area contributed by atoms with Gasteiger partial charge in [-0.05, 0) is 56.3 Å². The summed E-state index contributed by atoms with van der Waals surface area (Å²) in [5.41, 5.74) is -1.93. The minimum absolute atomic E-state index is 0.115. The SMILES string of the molecule is CC1(C2(C)N=C(c3cccc(Br)c3)OC2=O)N=C(c2ccc(Cl)cc2)OC1=O. The minimum atomic E-state index is -1.56. The van der Waals surface area contributed by atoms with Gasteiger partial charge in [0.1, 0.15) is 0 Å². The van der Waals surface area contributed by atoms with E-state index in [1.807, 2.05) is 6.07 Å². The number of nitrogens with zero attached hydrogens (tertiary/aromatic N) is 2. The highest BCUT2D eigenvalue weighted by atomic mass is 79.9. The fourth-order valence-corrected chi connectivity index (χ4v) is 3.52. The largest absolute Gasteiger partial charge is 0.405 e. The summed E-state index contributed by atoms with van der Waals surface area (Å²) in [6, 6.07) is 13.9. The number of esters is 2. The summed E-state index contributed by atoms with van der Waals surface area (Å²) in [5.74, 6) is -1.08. The lowest BCUT2D eigenvalue weighted by Crippen LogP contribution is -2.55. The molecule has 28 heavy (non-hydrogen) atoms. The van der Waals surface area contributed by atoms with E-state index in [0.717, 1.165) is 4.47 Å². The Morgan fingerprint density at radius 1 is 0.857 bits per heavy atom. The van der Waals surface area contributed by atoms with Gasteiger partial charge in [0.15, 0.2) is 11.1 Å². The van der Waals surface area contributed by atoms with E-state index in [4.69, 9.17) is 21.1 Å². The topological polar surface area (TPSA) is 77.3 Å². The monoisotopic (exact) mass is 460 g/mol. The van der Waals surface area contributed by atoms with Crippen molar-refractivity contribution in [2.75, 3.05) is 0 Å². The molecule has 0 amide bonds. The first-order valence-corrected chi connectivity index (χ1v) is 9.56. The first-order chi connectivity index (χ1) is 13.2. The summed E-state index contributed by atoms with van der Waals surface area (Å²) in [6.07, 6.45) is 0. The Kier molecular flexibility index (Phi) is 4.39. The van der Waals surface area contributed by atoms with Crippen LogP contribution in [0.3, 0.4) is 0 Å². The smallest absolute Gasteiger partial charge is 0.343 e. The normalized spacial score (nSPS) is 26.6. The number of hydrogen-bond donors (Lipinski definition) is 0. The predicted octanol–water partition coefficient (Wildman–Crippen LogP) is 3.93. The Labute approximate surface area is 174 Å². The molecule has 4 rings (SSSR count). The van der Waals surface area contributed by atoms with Crippen LogP contribution in [0.4, 0.5) is 0 Å². The molecule has 0 bridgehead atoms. The molecule has 2 atom stereocenters. The molecule has 0 radical (unpaired) electrons. The summed E-state index contributed by atoms with van der Waals surface area (Å²) >= 11 is 9.28. The van der Waals surface area contributed by atoms with E-state index in [-0.39, 0.29) is 11.8 Å². The third kappa shape index (κ3) is 2.86. The molecule has 0 spiro atoms. The maximum Gasteiger partial charge on any atom is 0.343 e. The van der Waals surface area contributed by atoms with Gasteiger partial charge in [-0.1, -0.05) is 33.6 Å². The van der Waals surface area contributed by atoms with Crippen molar-refractivity contribution < 1.29 is 19.1 Å². The summed E-state index contributed by atoms with van der Waals surface area (Å²) < 4.78 is 11.6. The first-order valence-electron chi connectivity index (χ1n) is 8.39. The van der Waals surface area contributed by atoms with E-state index in [1.54, 1.807) is 42.5 Å². The van der Waals surface area contributed by atoms with Crippen molar-refractivity contribution in [3.63, 3.8) is 0 Å². The van der Waals surface area contributed by atoms with Crippen molar-refractivity contribution >= 4 is 51.3 Å². The molecule has 2 aromatic rings. The molecule has 2 aliphatic rings. The van der Waals surface area contributed by atoms with Gasteiger partial charge in [0.05, 0.1) is 0 Å². The highest BCUT2D eigenvalue weighted by molar-refractivity contribution is 9.10. The Balaban J connectivity index is 1.76. The molecular weight excluding hydrogens is 448 g/mol. The number of aliphatic imine (C=N–C) groups is 2. The number of cyclic esters (lactones) is 2. The van der Waals surface area contributed by atoms with Gasteiger partial charge >= 0.3 is 11.9 Å². The summed E-state index contributed by atoms with van der Waals surface area (Å²) in [6.45, 7) is 3.04. The first kappa shape index (κ1) is 18.8. The molecule has 142 valence electrons. The zero-order chi connectivity index (χ0) is 20.1. The molecule has 0 saturated heterocycles. The van der Waals surface area contributed by atoms with E-state index in [0.29, 0.717) is 16.1 Å². The number of halogens is 2. The van der Waals surface area contributed by atoms with Crippen LogP contribution in [-0.4, -0.2) is 34.8 Å². The lowest BCUT2D eigenvalue weighted by molar-refractivity contribution is -0.149. The van der Waals surface area contributed by atoms with Gasteiger partial charge in [-0.2, -0.15) is 0 Å². The third-order valence-corrected chi connectivity index (χ3v) is 5.68. The van der Waals surface area contributed by atoms with Crippen LogP contribution < -0.4 is 0 Å². The van der Waals surface area contributed by atoms with Gasteiger partial charge in [0, 0.05) is 20.6 Å². The third-order valence-electron chi connectivity index (χ3n) is 4.93. The van der Waals surface area contributed by atoms with Crippen LogP contribution in [0.5, 0.6) is 0 Å². The second kappa shape index (κ2) is 6.53. The van der Waals surface area contributed by atoms with Gasteiger partial charge in [-0.15, -0.1) is 0 Å². The van der Waals surface area contributed by atoms with Crippen molar-refractivity contribution in [1.29, 1.82) is 0 Å². The van der Waals surface area contributed by atoms with Gasteiger partial charge in [0.25, 0.3) is 0 Å². The summed E-state index contributed by atoms with van der Waals surface area (Å²) in [5, 5.41) is 0.547. The molecule has 0 N–H and O–H groups in total. The van der Waals surface area contributed by atoms with E-state index >= 15 is 0 Å². The average molecular weight is 462 g/mol. The molecule has 0 aliphatic carbocycles. The fraction of sp³-hybridized carbons (Fsp3) is 0.200. The summed E-state index contributed by atoms with van der Waals surface area (Å²) in [4.78, 5) is 34.4. The molecule has 6 nitrogen and oxygen atoms in total. The van der Waals surface area contributed by atoms with E-state index in [1.165, 1.54) is 13.8 Å². The quantitative estimate of drug-likeness (QED) is 0.649. The second-order valence-electron chi connectivity index (χ2n) is 6.77. The Morgan fingerprint density at radius 2 is 1.39 bits per heavy atom. The predicted molar refractivity (Wildman–Crippen MR) is 108 cm³/mol. The highest BCUT2D eigenvalue weighted by Gasteiger charge is 2.63. The number of benzene rings is 2. The second-order valence-corrected chi connectivity index (χ2v) is 8.13. The molecule has 0 aromatic heterocycles. The van der Waals surface area contributed by atoms with E-state index < -0.39 is 23.0 Å². The maximum absolute atomic E-state index is 12.7. The van der Waals surface area contributed by atoms with Crippen molar-refractivity contribution in [1.82, 2.24) is 0 Å². The lowest BCUT2D eigenvalue weighted by atomic mass is 9.81. The molecule has 2 aromatic carbocycles. The molecule has 0 fully saturated rings. The Hall–Kier alpha value is -2.51. The molecule has 2 aliphatic heterocycles. The number of rotatable bonds is 3. The standard InChI is InChI=1S/C20H14BrClN2O4/c1-19(17(25)27-15(23-19)11-6-8-14(22)9-7-11)20(2)18(26)28-16(24-20)12-4-3-5-13(21)10-12/h3-10H,1-2H3. The van der Waals surface area contributed by atoms with Gasteiger partial charge in [-0.3, -0.25) is 0 Å². The van der Waals surface area contributed by atoms with Gasteiger partial charge < -0.3 is 9.47 Å². The van der Waals surface area contributed by atoms with Crippen LogP contribution in [-0.2, 0) is 19.1 Å². The molecule has 2 heterocycles. The minimum Gasteiger partial charge on any atom is -0.405 e. The van der Waals surface area contributed by atoms with Crippen molar-refractivity contribution in [3.8, 4) is 0 Å². The number of carbonyl (C=O) groups excluding carboxylic acids is 2. The van der Waals surface area contributed by atoms with Crippen LogP contribution in [0.15, 0.2) is 63.0 Å². The van der Waals surface area contributed by atoms with Crippen molar-refractivity contribution in [2.24, 2.45) is 9.98 Å². The van der Waals surface area contributed by atoms with Crippen LogP contribution in [0.25, 0.3) is 0 Å². The number of ether oxygens (including phenoxy) is 2. The van der Waals surface area contributed by atoms with Crippen LogP contribution in [0.2, 0.25) is 5.02 Å². The van der Waals surface area contributed by atoms with Crippen LogP contribution in [0, 0.1) is 0 Å². The van der Waals surface area contributed by atoms with Gasteiger partial charge in [0.2, 0.25) is 11.8 Å². The van der Waals surface area contributed by atoms with E-state index in [9.17, 15) is 9.59 Å². The number of hydrogen-bond acceptors (Lipinski definition) is 6. The zero-order valence-electron chi connectivity index (χ0n) is 14.9. The number of carbonyl (C=O) groups is 2. The molecular formula is C20H14BrClN2O4. The molecule has 8 heteroatoms. The lowest BCUT2D eigenvalue weighted by Gasteiger charge is -2.28. The maximum atomic E-state index is 12.7. The Bertz CT molecular complexity index is 1070. The molecule has 0 saturated carbocycles. The van der Waals surface area contributed by atoms with E-state index in [2.05, 4.69) is 25.9 Å². The van der Waals surface area contributed by atoms with Crippen LogP contribution in [0.1, 0.15) is 25.0 Å². The van der Waals surface area contributed by atoms with Crippen molar-refractivity contribution in [3.05, 3.63) is 69.2 Å². The van der Waals surface area contributed by atoms with Gasteiger partial charge in [-0.25, -0.2) is 19.6 Å². The fourth-order valence-electron chi connectivity index (χ4n) is 2.99. The van der Waals surface area contributed by atoms with Crippen molar-refractivity contribution in [2.45, 2.75) is 24.9 Å². The van der Waals surface area contributed by atoms with Crippen LogP contribution >= 0.6 is 27.5 Å². The average Bonchev–Trinajstić information content (AvgIpc) is 3.14. The highest BCUT2D eigenvalue weighted by Crippen LogP contribution is 2.40. The molecule has 2 unspecified atom stereocenters. The summed E-state index contributed by atoms with van der Waals surface area (Å²) in [7, 11) is 0. The zero-order valence-corrected chi connectivity index (χ0v) is 17.2.